The highest BCUT2D eigenvalue weighted by molar-refractivity contribution is 4.83. The van der Waals surface area contributed by atoms with Crippen molar-refractivity contribution in [3.8, 4) is 0 Å². The van der Waals surface area contributed by atoms with Gasteiger partial charge in [0.1, 0.15) is 0 Å². The Labute approximate surface area is 64.0 Å². The lowest BCUT2D eigenvalue weighted by atomic mass is 9.88. The molecule has 10 heavy (non-hydrogen) atoms. The first kappa shape index (κ1) is 9.92. The molecule has 0 aromatic rings. The molecule has 62 valence electrons. The first-order valence-corrected chi connectivity index (χ1v) is 4.08. The van der Waals surface area contributed by atoms with Gasteiger partial charge in [0.2, 0.25) is 0 Å². The lowest BCUT2D eigenvalue weighted by Crippen LogP contribution is -2.43. The van der Waals surface area contributed by atoms with Crippen LogP contribution in [0, 0.1) is 0 Å². The summed E-state index contributed by atoms with van der Waals surface area (Å²) in [5.74, 6) is 0. The lowest BCUT2D eigenvalue weighted by Gasteiger charge is -2.28. The fraction of sp³-hybridized carbons (Fsp3) is 1.00. The Hall–Kier alpha value is -0.0800. The summed E-state index contributed by atoms with van der Waals surface area (Å²) in [5, 5.41) is 0. The Morgan fingerprint density at radius 3 is 1.80 bits per heavy atom. The predicted octanol–water partition coefficient (Wildman–Crippen LogP) is 1.24. The van der Waals surface area contributed by atoms with Gasteiger partial charge < -0.3 is 11.5 Å². The second-order valence-electron chi connectivity index (χ2n) is 3.25. The van der Waals surface area contributed by atoms with E-state index in [1.165, 1.54) is 0 Å². The maximum atomic E-state index is 6.02. The van der Waals surface area contributed by atoms with Gasteiger partial charge in [-0.3, -0.25) is 0 Å². The van der Waals surface area contributed by atoms with Gasteiger partial charge in [0, 0.05) is 11.6 Å². The predicted molar refractivity (Wildman–Crippen MR) is 45.8 cm³/mol. The van der Waals surface area contributed by atoms with Gasteiger partial charge in [0.05, 0.1) is 0 Å². The molecule has 0 aromatic heterocycles. The second-order valence-corrected chi connectivity index (χ2v) is 3.25. The molecule has 0 aromatic carbocycles. The van der Waals surface area contributed by atoms with E-state index in [-0.39, 0.29) is 11.6 Å². The molecule has 0 saturated carbocycles. The van der Waals surface area contributed by atoms with Crippen molar-refractivity contribution in [3.05, 3.63) is 0 Å². The van der Waals surface area contributed by atoms with E-state index in [9.17, 15) is 0 Å². The Bertz CT molecular complexity index is 85.3. The van der Waals surface area contributed by atoms with Gasteiger partial charge in [-0.15, -0.1) is 0 Å². The van der Waals surface area contributed by atoms with Gasteiger partial charge in [0.25, 0.3) is 0 Å². The van der Waals surface area contributed by atoms with Crippen molar-refractivity contribution in [2.45, 2.75) is 51.6 Å². The molecule has 0 aliphatic rings. The molecule has 0 fully saturated rings. The monoisotopic (exact) mass is 144 g/mol. The van der Waals surface area contributed by atoms with Crippen LogP contribution >= 0.6 is 0 Å². The Kier molecular flexibility index (Phi) is 3.91. The zero-order valence-corrected chi connectivity index (χ0v) is 7.35. The third-order valence-corrected chi connectivity index (χ3v) is 2.14. The van der Waals surface area contributed by atoms with E-state index in [1.54, 1.807) is 0 Å². The quantitative estimate of drug-likeness (QED) is 0.623. The van der Waals surface area contributed by atoms with E-state index in [2.05, 4.69) is 13.8 Å². The summed E-state index contributed by atoms with van der Waals surface area (Å²) >= 11 is 0. The standard InChI is InChI=1S/C8H20N2/c1-4-8(10,5-2)6-7(3)9/h7H,4-6,9-10H2,1-3H3. The molecule has 0 rings (SSSR count). The van der Waals surface area contributed by atoms with Crippen LogP contribution in [0.25, 0.3) is 0 Å². The van der Waals surface area contributed by atoms with E-state index in [1.807, 2.05) is 6.92 Å². The van der Waals surface area contributed by atoms with E-state index in [0.717, 1.165) is 19.3 Å². The van der Waals surface area contributed by atoms with E-state index in [4.69, 9.17) is 11.5 Å². The smallest absolute Gasteiger partial charge is 0.0163 e. The summed E-state index contributed by atoms with van der Waals surface area (Å²) in [5.41, 5.74) is 11.6. The van der Waals surface area contributed by atoms with Crippen LogP contribution in [0.5, 0.6) is 0 Å². The minimum atomic E-state index is -0.0197. The highest BCUT2D eigenvalue weighted by atomic mass is 14.8. The van der Waals surface area contributed by atoms with Gasteiger partial charge in [-0.05, 0) is 26.2 Å². The molecule has 0 aliphatic carbocycles. The van der Waals surface area contributed by atoms with E-state index in [0.29, 0.717) is 0 Å². The number of hydrogen-bond acceptors (Lipinski definition) is 2. The van der Waals surface area contributed by atoms with Crippen LogP contribution in [-0.2, 0) is 0 Å². The van der Waals surface area contributed by atoms with Crippen molar-refractivity contribution in [3.63, 3.8) is 0 Å². The molecular weight excluding hydrogens is 124 g/mol. The lowest BCUT2D eigenvalue weighted by molar-refractivity contribution is 0.344. The molecule has 0 spiro atoms. The molecule has 2 heteroatoms. The van der Waals surface area contributed by atoms with Crippen molar-refractivity contribution < 1.29 is 0 Å². The van der Waals surface area contributed by atoms with Crippen LogP contribution in [-0.4, -0.2) is 11.6 Å². The van der Waals surface area contributed by atoms with Gasteiger partial charge >= 0.3 is 0 Å². The molecule has 1 atom stereocenters. The summed E-state index contributed by atoms with van der Waals surface area (Å²) < 4.78 is 0. The SMILES string of the molecule is CCC(N)(CC)CC(C)N. The minimum Gasteiger partial charge on any atom is -0.328 e. The zero-order valence-electron chi connectivity index (χ0n) is 7.35. The van der Waals surface area contributed by atoms with Crippen LogP contribution in [0.15, 0.2) is 0 Å². The third-order valence-electron chi connectivity index (χ3n) is 2.14. The molecule has 0 amide bonds. The molecule has 1 unspecified atom stereocenters. The maximum absolute atomic E-state index is 6.02. The summed E-state index contributed by atoms with van der Waals surface area (Å²) in [7, 11) is 0. The first-order valence-electron chi connectivity index (χ1n) is 4.08. The number of hydrogen-bond donors (Lipinski definition) is 2. The number of nitrogens with two attached hydrogens (primary N) is 2. The normalized spacial score (nSPS) is 15.3. The van der Waals surface area contributed by atoms with Crippen LogP contribution in [0.2, 0.25) is 0 Å². The zero-order chi connectivity index (χ0) is 8.20. The topological polar surface area (TPSA) is 52.0 Å². The average Bonchev–Trinajstić information content (AvgIpc) is 1.87. The average molecular weight is 144 g/mol. The molecule has 4 N–H and O–H groups in total. The summed E-state index contributed by atoms with van der Waals surface area (Å²) in [6.45, 7) is 6.24. The molecular formula is C8H20N2. The molecule has 2 nitrogen and oxygen atoms in total. The first-order chi connectivity index (χ1) is 4.54. The minimum absolute atomic E-state index is 0.0197. The highest BCUT2D eigenvalue weighted by Gasteiger charge is 2.20. The van der Waals surface area contributed by atoms with Crippen LogP contribution in [0.1, 0.15) is 40.0 Å². The summed E-state index contributed by atoms with van der Waals surface area (Å²) in [4.78, 5) is 0. The number of rotatable bonds is 4. The van der Waals surface area contributed by atoms with E-state index < -0.39 is 0 Å². The van der Waals surface area contributed by atoms with Gasteiger partial charge in [-0.2, -0.15) is 0 Å². The highest BCUT2D eigenvalue weighted by Crippen LogP contribution is 2.16. The van der Waals surface area contributed by atoms with Gasteiger partial charge in [-0.25, -0.2) is 0 Å². The Morgan fingerprint density at radius 2 is 1.70 bits per heavy atom. The Morgan fingerprint density at radius 1 is 1.30 bits per heavy atom. The molecule has 0 bridgehead atoms. The van der Waals surface area contributed by atoms with Crippen molar-refractivity contribution in [1.29, 1.82) is 0 Å². The van der Waals surface area contributed by atoms with Crippen LogP contribution in [0.4, 0.5) is 0 Å². The Balaban J connectivity index is 3.80. The van der Waals surface area contributed by atoms with E-state index >= 15 is 0 Å². The molecule has 0 heterocycles. The maximum Gasteiger partial charge on any atom is 0.0163 e. The van der Waals surface area contributed by atoms with Gasteiger partial charge in [-0.1, -0.05) is 13.8 Å². The van der Waals surface area contributed by atoms with Crippen molar-refractivity contribution in [2.24, 2.45) is 11.5 Å². The second kappa shape index (κ2) is 3.94. The largest absolute Gasteiger partial charge is 0.328 e. The summed E-state index contributed by atoms with van der Waals surface area (Å²) in [6, 6.07) is 0.227. The fourth-order valence-corrected chi connectivity index (χ4v) is 1.18. The van der Waals surface area contributed by atoms with Crippen molar-refractivity contribution in [1.82, 2.24) is 0 Å². The van der Waals surface area contributed by atoms with Gasteiger partial charge in [0.15, 0.2) is 0 Å². The summed E-state index contributed by atoms with van der Waals surface area (Å²) in [6.07, 6.45) is 2.97. The van der Waals surface area contributed by atoms with Crippen LogP contribution in [0.3, 0.4) is 0 Å². The molecule has 0 radical (unpaired) electrons. The molecule has 0 saturated heterocycles. The fourth-order valence-electron chi connectivity index (χ4n) is 1.18. The molecule has 0 aliphatic heterocycles. The third kappa shape index (κ3) is 3.18. The van der Waals surface area contributed by atoms with Crippen LogP contribution < -0.4 is 11.5 Å². The van der Waals surface area contributed by atoms with Crippen molar-refractivity contribution >= 4 is 0 Å². The van der Waals surface area contributed by atoms with Crippen molar-refractivity contribution in [2.75, 3.05) is 0 Å².